The molecule has 0 aromatic carbocycles. The molecule has 0 bridgehead atoms. The van der Waals surface area contributed by atoms with E-state index in [1.165, 1.54) is 4.31 Å². The van der Waals surface area contributed by atoms with Gasteiger partial charge in [0.15, 0.2) is 0 Å². The van der Waals surface area contributed by atoms with Crippen molar-refractivity contribution in [3.63, 3.8) is 0 Å². The van der Waals surface area contributed by atoms with Gasteiger partial charge in [-0.25, -0.2) is 8.42 Å². The van der Waals surface area contributed by atoms with Crippen molar-refractivity contribution in [1.29, 1.82) is 0 Å². The third kappa shape index (κ3) is 3.02. The average molecular weight is 242 g/mol. The molecule has 0 saturated carbocycles. The smallest absolute Gasteiger partial charge is 0.216 e. The number of aryl methyl sites for hydroxylation is 1. The van der Waals surface area contributed by atoms with Gasteiger partial charge in [0.25, 0.3) is 0 Å². The zero-order chi connectivity index (χ0) is 12.3. The van der Waals surface area contributed by atoms with E-state index >= 15 is 0 Å². The molecule has 1 rings (SSSR count). The molecule has 0 radical (unpaired) electrons. The van der Waals surface area contributed by atoms with Gasteiger partial charge >= 0.3 is 0 Å². The molecule has 90 valence electrons. The Labute approximate surface area is 97.4 Å². The van der Waals surface area contributed by atoms with E-state index in [0.29, 0.717) is 6.54 Å². The number of hydrogen-bond donors (Lipinski definition) is 0. The Bertz CT molecular complexity index is 455. The Morgan fingerprint density at radius 1 is 1.38 bits per heavy atom. The number of rotatable bonds is 4. The van der Waals surface area contributed by atoms with Crippen LogP contribution in [0.5, 0.6) is 0 Å². The molecule has 4 nitrogen and oxygen atoms in total. The summed E-state index contributed by atoms with van der Waals surface area (Å²) in [4.78, 5) is 4.28. The van der Waals surface area contributed by atoms with E-state index in [-0.39, 0.29) is 0 Å². The maximum absolute atomic E-state index is 11.8. The lowest BCUT2D eigenvalue weighted by atomic mass is 10.3. The third-order valence-corrected chi connectivity index (χ3v) is 4.55. The van der Waals surface area contributed by atoms with Gasteiger partial charge in [0.1, 0.15) is 0 Å². The second-order valence-corrected chi connectivity index (χ2v) is 6.72. The van der Waals surface area contributed by atoms with Gasteiger partial charge < -0.3 is 0 Å². The predicted octanol–water partition coefficient (Wildman–Crippen LogP) is 1.56. The topological polar surface area (TPSA) is 50.3 Å². The Balaban J connectivity index is 2.83. The van der Waals surface area contributed by atoms with E-state index in [1.807, 2.05) is 25.1 Å². The van der Waals surface area contributed by atoms with Crippen molar-refractivity contribution in [2.45, 2.75) is 32.6 Å². The molecule has 0 aliphatic heterocycles. The SMILES string of the molecule is Cc1cccc(CN(C)S(=O)(=O)C(C)C)n1. The van der Waals surface area contributed by atoms with Crippen molar-refractivity contribution < 1.29 is 8.42 Å². The van der Waals surface area contributed by atoms with Gasteiger partial charge in [-0.15, -0.1) is 0 Å². The standard InChI is InChI=1S/C11H18N2O2S/c1-9(2)16(14,15)13(4)8-11-7-5-6-10(3)12-11/h5-7,9H,8H2,1-4H3. The van der Waals surface area contributed by atoms with Gasteiger partial charge in [-0.3, -0.25) is 4.98 Å². The molecule has 1 aromatic rings. The highest BCUT2D eigenvalue weighted by molar-refractivity contribution is 7.89. The Morgan fingerprint density at radius 3 is 2.50 bits per heavy atom. The van der Waals surface area contributed by atoms with Crippen molar-refractivity contribution in [3.8, 4) is 0 Å². The normalized spacial score (nSPS) is 12.4. The van der Waals surface area contributed by atoms with Gasteiger partial charge in [0, 0.05) is 12.7 Å². The minimum Gasteiger partial charge on any atom is -0.257 e. The lowest BCUT2D eigenvalue weighted by Gasteiger charge is -2.19. The zero-order valence-corrected chi connectivity index (χ0v) is 11.0. The van der Waals surface area contributed by atoms with Crippen LogP contribution in [0.15, 0.2) is 18.2 Å². The van der Waals surface area contributed by atoms with E-state index in [1.54, 1.807) is 20.9 Å². The van der Waals surface area contributed by atoms with Crippen LogP contribution < -0.4 is 0 Å². The number of sulfonamides is 1. The Hall–Kier alpha value is -0.940. The minimum atomic E-state index is -3.19. The van der Waals surface area contributed by atoms with Crippen LogP contribution in [0.1, 0.15) is 25.2 Å². The van der Waals surface area contributed by atoms with Crippen molar-refractivity contribution in [2.24, 2.45) is 0 Å². The summed E-state index contributed by atoms with van der Waals surface area (Å²) in [5.41, 5.74) is 1.67. The van der Waals surface area contributed by atoms with Crippen LogP contribution >= 0.6 is 0 Å². The fourth-order valence-electron chi connectivity index (χ4n) is 1.37. The molecule has 0 unspecified atom stereocenters. The molecule has 1 heterocycles. The summed E-state index contributed by atoms with van der Waals surface area (Å²) in [6.45, 7) is 5.56. The Kier molecular flexibility index (Phi) is 4.04. The second-order valence-electron chi connectivity index (χ2n) is 4.12. The number of pyridine rings is 1. The highest BCUT2D eigenvalue weighted by atomic mass is 32.2. The molecule has 0 amide bonds. The monoisotopic (exact) mass is 242 g/mol. The number of hydrogen-bond acceptors (Lipinski definition) is 3. The molecule has 0 spiro atoms. The van der Waals surface area contributed by atoms with Crippen molar-refractivity contribution in [1.82, 2.24) is 9.29 Å². The summed E-state index contributed by atoms with van der Waals surface area (Å²) in [6.07, 6.45) is 0. The maximum Gasteiger partial charge on any atom is 0.216 e. The van der Waals surface area contributed by atoms with E-state index in [4.69, 9.17) is 0 Å². The summed E-state index contributed by atoms with van der Waals surface area (Å²) >= 11 is 0. The number of nitrogens with zero attached hydrogens (tertiary/aromatic N) is 2. The van der Waals surface area contributed by atoms with Gasteiger partial charge in [-0.1, -0.05) is 6.07 Å². The Morgan fingerprint density at radius 2 is 2.00 bits per heavy atom. The molecule has 0 atom stereocenters. The van der Waals surface area contributed by atoms with Gasteiger partial charge in [0.05, 0.1) is 17.5 Å². The highest BCUT2D eigenvalue weighted by Crippen LogP contribution is 2.10. The minimum absolute atomic E-state index is 0.322. The maximum atomic E-state index is 11.8. The quantitative estimate of drug-likeness (QED) is 0.805. The van der Waals surface area contributed by atoms with Crippen LogP contribution in [0.4, 0.5) is 0 Å². The zero-order valence-electron chi connectivity index (χ0n) is 10.1. The first-order chi connectivity index (χ1) is 7.34. The van der Waals surface area contributed by atoms with Crippen molar-refractivity contribution in [3.05, 3.63) is 29.6 Å². The van der Waals surface area contributed by atoms with E-state index in [9.17, 15) is 8.42 Å². The molecule has 5 heteroatoms. The largest absolute Gasteiger partial charge is 0.257 e. The summed E-state index contributed by atoms with van der Waals surface area (Å²) in [5, 5.41) is -0.401. The molecule has 0 aliphatic carbocycles. The molecule has 1 aromatic heterocycles. The van der Waals surface area contributed by atoms with Crippen LogP contribution in [0.3, 0.4) is 0 Å². The van der Waals surface area contributed by atoms with E-state index in [2.05, 4.69) is 4.98 Å². The second kappa shape index (κ2) is 4.93. The molecule has 16 heavy (non-hydrogen) atoms. The van der Waals surface area contributed by atoms with Gasteiger partial charge in [0.2, 0.25) is 10.0 Å². The average Bonchev–Trinajstić information content (AvgIpc) is 2.17. The van der Waals surface area contributed by atoms with E-state index < -0.39 is 15.3 Å². The molecule has 0 fully saturated rings. The molecular formula is C11H18N2O2S. The molecule has 0 saturated heterocycles. The van der Waals surface area contributed by atoms with Gasteiger partial charge in [-0.05, 0) is 32.9 Å². The van der Waals surface area contributed by atoms with Crippen molar-refractivity contribution >= 4 is 10.0 Å². The first-order valence-electron chi connectivity index (χ1n) is 5.21. The first-order valence-corrected chi connectivity index (χ1v) is 6.72. The van der Waals surface area contributed by atoms with Crippen LogP contribution in [0.25, 0.3) is 0 Å². The fraction of sp³-hybridized carbons (Fsp3) is 0.545. The predicted molar refractivity (Wildman–Crippen MR) is 64.5 cm³/mol. The lowest BCUT2D eigenvalue weighted by molar-refractivity contribution is 0.455. The highest BCUT2D eigenvalue weighted by Gasteiger charge is 2.22. The number of aromatic nitrogens is 1. The van der Waals surface area contributed by atoms with Crippen LogP contribution in [-0.4, -0.2) is 30.0 Å². The third-order valence-electron chi connectivity index (χ3n) is 2.36. The first kappa shape index (κ1) is 13.1. The fourth-order valence-corrected chi connectivity index (χ4v) is 2.40. The lowest BCUT2D eigenvalue weighted by Crippen LogP contribution is -2.32. The molecule has 0 aliphatic rings. The summed E-state index contributed by atoms with van der Waals surface area (Å²) in [7, 11) is -1.61. The summed E-state index contributed by atoms with van der Waals surface area (Å²) < 4.78 is 25.0. The van der Waals surface area contributed by atoms with E-state index in [0.717, 1.165) is 11.4 Å². The van der Waals surface area contributed by atoms with Crippen LogP contribution in [-0.2, 0) is 16.6 Å². The molecular weight excluding hydrogens is 224 g/mol. The summed E-state index contributed by atoms with van der Waals surface area (Å²) in [6, 6.07) is 5.60. The van der Waals surface area contributed by atoms with Crippen LogP contribution in [0.2, 0.25) is 0 Å². The van der Waals surface area contributed by atoms with Gasteiger partial charge in [-0.2, -0.15) is 4.31 Å². The summed E-state index contributed by atoms with van der Waals surface area (Å²) in [5.74, 6) is 0. The van der Waals surface area contributed by atoms with Crippen LogP contribution in [0, 0.1) is 6.92 Å². The molecule has 0 N–H and O–H groups in total. The van der Waals surface area contributed by atoms with Crippen molar-refractivity contribution in [2.75, 3.05) is 7.05 Å².